The molecule has 2 aromatic carbocycles. The number of amides is 2. The standard InChI is InChI=1S/C21H24N2O3/c1-14-17(9-6-10-18(14)23-15(2)24)20(26)22-13-21(11-12-21)19(25)16-7-4-3-5-8-16/h3-10,19,25H,11-13H2,1-2H3,(H,22,26)(H,23,24). The van der Waals surface area contributed by atoms with Gasteiger partial charge in [-0.2, -0.15) is 0 Å². The van der Waals surface area contributed by atoms with Gasteiger partial charge < -0.3 is 15.7 Å². The van der Waals surface area contributed by atoms with Crippen molar-refractivity contribution in [3.05, 3.63) is 65.2 Å². The predicted molar refractivity (Wildman–Crippen MR) is 101 cm³/mol. The third-order valence-corrected chi connectivity index (χ3v) is 5.08. The van der Waals surface area contributed by atoms with Crippen molar-refractivity contribution >= 4 is 17.5 Å². The normalized spacial score (nSPS) is 15.8. The zero-order chi connectivity index (χ0) is 18.7. The first-order valence-corrected chi connectivity index (χ1v) is 8.81. The lowest BCUT2D eigenvalue weighted by Crippen LogP contribution is -2.33. The lowest BCUT2D eigenvalue weighted by Gasteiger charge is -2.23. The summed E-state index contributed by atoms with van der Waals surface area (Å²) < 4.78 is 0. The molecular formula is C21H24N2O3. The van der Waals surface area contributed by atoms with E-state index in [0.717, 1.165) is 24.0 Å². The molecule has 3 rings (SSSR count). The minimum Gasteiger partial charge on any atom is -0.388 e. The minimum absolute atomic E-state index is 0.173. The molecule has 0 heterocycles. The Morgan fingerprint density at radius 3 is 2.42 bits per heavy atom. The van der Waals surface area contributed by atoms with E-state index in [1.165, 1.54) is 6.92 Å². The SMILES string of the molecule is CC(=O)Nc1cccc(C(=O)NCC2(C(O)c3ccccc3)CC2)c1C. The Balaban J connectivity index is 1.69. The first kappa shape index (κ1) is 18.1. The number of benzene rings is 2. The molecular weight excluding hydrogens is 328 g/mol. The Morgan fingerprint density at radius 1 is 1.12 bits per heavy atom. The smallest absolute Gasteiger partial charge is 0.251 e. The van der Waals surface area contributed by atoms with Gasteiger partial charge in [-0.1, -0.05) is 36.4 Å². The molecule has 2 amide bonds. The quantitative estimate of drug-likeness (QED) is 0.747. The number of nitrogens with one attached hydrogen (secondary N) is 2. The number of aliphatic hydroxyl groups excluding tert-OH is 1. The van der Waals surface area contributed by atoms with Gasteiger partial charge in [0.25, 0.3) is 5.91 Å². The van der Waals surface area contributed by atoms with Gasteiger partial charge in [-0.15, -0.1) is 0 Å². The second-order valence-electron chi connectivity index (χ2n) is 7.02. The Labute approximate surface area is 153 Å². The Kier molecular flexibility index (Phi) is 5.09. The fourth-order valence-corrected chi connectivity index (χ4v) is 3.25. The van der Waals surface area contributed by atoms with Crippen LogP contribution in [0.3, 0.4) is 0 Å². The van der Waals surface area contributed by atoms with Crippen LogP contribution in [0.15, 0.2) is 48.5 Å². The summed E-state index contributed by atoms with van der Waals surface area (Å²) in [6.45, 7) is 3.67. The number of hydrogen-bond donors (Lipinski definition) is 3. The highest BCUT2D eigenvalue weighted by Gasteiger charge is 2.49. The third-order valence-electron chi connectivity index (χ3n) is 5.08. The number of rotatable bonds is 6. The van der Waals surface area contributed by atoms with Crippen molar-refractivity contribution in [1.29, 1.82) is 0 Å². The molecule has 2 aromatic rings. The van der Waals surface area contributed by atoms with E-state index in [0.29, 0.717) is 17.8 Å². The molecule has 5 nitrogen and oxygen atoms in total. The van der Waals surface area contributed by atoms with E-state index < -0.39 is 6.10 Å². The number of hydrogen-bond acceptors (Lipinski definition) is 3. The summed E-state index contributed by atoms with van der Waals surface area (Å²) in [5.74, 6) is -0.366. The molecule has 0 radical (unpaired) electrons. The summed E-state index contributed by atoms with van der Waals surface area (Å²) >= 11 is 0. The zero-order valence-electron chi connectivity index (χ0n) is 15.1. The highest BCUT2D eigenvalue weighted by atomic mass is 16.3. The summed E-state index contributed by atoms with van der Waals surface area (Å²) in [5, 5.41) is 16.4. The van der Waals surface area contributed by atoms with Gasteiger partial charge in [0.05, 0.1) is 6.10 Å². The van der Waals surface area contributed by atoms with Crippen LogP contribution < -0.4 is 10.6 Å². The maximum atomic E-state index is 12.6. The summed E-state index contributed by atoms with van der Waals surface area (Å²) in [7, 11) is 0. The Hall–Kier alpha value is -2.66. The fraction of sp³-hybridized carbons (Fsp3) is 0.333. The Morgan fingerprint density at radius 2 is 1.81 bits per heavy atom. The summed E-state index contributed by atoms with van der Waals surface area (Å²) in [6, 6.07) is 14.8. The molecule has 1 atom stereocenters. The Bertz CT molecular complexity index is 813. The average molecular weight is 352 g/mol. The van der Waals surface area contributed by atoms with Gasteiger partial charge in [-0.3, -0.25) is 9.59 Å². The van der Waals surface area contributed by atoms with Crippen LogP contribution >= 0.6 is 0 Å². The lowest BCUT2D eigenvalue weighted by molar-refractivity contribution is -0.114. The molecule has 1 aliphatic carbocycles. The molecule has 0 aliphatic heterocycles. The molecule has 26 heavy (non-hydrogen) atoms. The topological polar surface area (TPSA) is 78.4 Å². The van der Waals surface area contributed by atoms with Crippen LogP contribution in [0, 0.1) is 12.3 Å². The van der Waals surface area contributed by atoms with Crippen LogP contribution in [0.25, 0.3) is 0 Å². The van der Waals surface area contributed by atoms with Crippen molar-refractivity contribution in [2.24, 2.45) is 5.41 Å². The number of anilines is 1. The second-order valence-corrected chi connectivity index (χ2v) is 7.02. The van der Waals surface area contributed by atoms with Crippen molar-refractivity contribution in [1.82, 2.24) is 5.32 Å². The van der Waals surface area contributed by atoms with E-state index >= 15 is 0 Å². The molecule has 3 N–H and O–H groups in total. The maximum absolute atomic E-state index is 12.6. The fourth-order valence-electron chi connectivity index (χ4n) is 3.25. The van der Waals surface area contributed by atoms with Gasteiger partial charge in [0.15, 0.2) is 0 Å². The van der Waals surface area contributed by atoms with Crippen LogP contribution in [-0.4, -0.2) is 23.5 Å². The maximum Gasteiger partial charge on any atom is 0.251 e. The van der Waals surface area contributed by atoms with Crippen LogP contribution in [0.5, 0.6) is 0 Å². The van der Waals surface area contributed by atoms with Gasteiger partial charge in [0.1, 0.15) is 0 Å². The molecule has 1 fully saturated rings. The van der Waals surface area contributed by atoms with Crippen molar-refractivity contribution < 1.29 is 14.7 Å². The molecule has 0 saturated heterocycles. The average Bonchev–Trinajstić information content (AvgIpc) is 3.42. The molecule has 1 saturated carbocycles. The second kappa shape index (κ2) is 7.30. The van der Waals surface area contributed by atoms with Crippen molar-refractivity contribution in [3.8, 4) is 0 Å². The van der Waals surface area contributed by atoms with E-state index in [-0.39, 0.29) is 17.2 Å². The lowest BCUT2D eigenvalue weighted by atomic mass is 9.92. The summed E-state index contributed by atoms with van der Waals surface area (Å²) in [5.41, 5.74) is 2.48. The van der Waals surface area contributed by atoms with Crippen molar-refractivity contribution in [3.63, 3.8) is 0 Å². The van der Waals surface area contributed by atoms with Gasteiger partial charge in [0, 0.05) is 30.1 Å². The van der Waals surface area contributed by atoms with Crippen molar-refractivity contribution in [2.45, 2.75) is 32.8 Å². The van der Waals surface area contributed by atoms with Crippen molar-refractivity contribution in [2.75, 3.05) is 11.9 Å². The molecule has 1 unspecified atom stereocenters. The van der Waals surface area contributed by atoms with Gasteiger partial charge in [0.2, 0.25) is 5.91 Å². The first-order valence-electron chi connectivity index (χ1n) is 8.81. The molecule has 0 spiro atoms. The van der Waals surface area contributed by atoms with Crippen LogP contribution in [0.4, 0.5) is 5.69 Å². The van der Waals surface area contributed by atoms with Gasteiger partial charge >= 0.3 is 0 Å². The van der Waals surface area contributed by atoms with Crippen LogP contribution in [0.1, 0.15) is 47.4 Å². The van der Waals surface area contributed by atoms with E-state index in [4.69, 9.17) is 0 Å². The van der Waals surface area contributed by atoms with E-state index in [2.05, 4.69) is 10.6 Å². The first-order chi connectivity index (χ1) is 12.4. The molecule has 0 bridgehead atoms. The number of aliphatic hydroxyl groups is 1. The molecule has 5 heteroatoms. The minimum atomic E-state index is -0.587. The van der Waals surface area contributed by atoms with E-state index in [1.807, 2.05) is 37.3 Å². The highest BCUT2D eigenvalue weighted by molar-refractivity contribution is 5.99. The van der Waals surface area contributed by atoms with Crippen LogP contribution in [-0.2, 0) is 4.79 Å². The third kappa shape index (κ3) is 3.78. The van der Waals surface area contributed by atoms with Gasteiger partial charge in [-0.25, -0.2) is 0 Å². The van der Waals surface area contributed by atoms with Crippen LogP contribution in [0.2, 0.25) is 0 Å². The molecule has 136 valence electrons. The highest BCUT2D eigenvalue weighted by Crippen LogP contribution is 2.54. The summed E-state index contributed by atoms with van der Waals surface area (Å²) in [4.78, 5) is 23.9. The van der Waals surface area contributed by atoms with E-state index in [1.54, 1.807) is 18.2 Å². The van der Waals surface area contributed by atoms with E-state index in [9.17, 15) is 14.7 Å². The predicted octanol–water partition coefficient (Wildman–Crippen LogP) is 3.20. The number of carbonyl (C=O) groups is 2. The molecule has 0 aromatic heterocycles. The molecule has 1 aliphatic rings. The number of carbonyl (C=O) groups excluding carboxylic acids is 2. The zero-order valence-corrected chi connectivity index (χ0v) is 15.1. The summed E-state index contributed by atoms with van der Waals surface area (Å²) in [6.07, 6.45) is 1.18. The largest absolute Gasteiger partial charge is 0.388 e. The monoisotopic (exact) mass is 352 g/mol. The van der Waals surface area contributed by atoms with Gasteiger partial charge in [-0.05, 0) is 43.0 Å².